The Labute approximate surface area is 147 Å². The fraction of sp³-hybridized carbons (Fsp3) is 0.263. The first-order valence-corrected chi connectivity index (χ1v) is 8.43. The van der Waals surface area contributed by atoms with Gasteiger partial charge in [0.05, 0.1) is 11.9 Å². The Kier molecular flexibility index (Phi) is 4.35. The zero-order chi connectivity index (χ0) is 17.1. The lowest BCUT2D eigenvalue weighted by Gasteiger charge is -2.29. The maximum absolute atomic E-state index is 4.68. The molecule has 4 rings (SSSR count). The first-order valence-electron chi connectivity index (χ1n) is 8.43. The minimum Gasteiger partial charge on any atom is -0.323 e. The fourth-order valence-electron chi connectivity index (χ4n) is 3.17. The molecule has 0 unspecified atom stereocenters. The number of nitrogens with one attached hydrogen (secondary N) is 1. The lowest BCUT2D eigenvalue weighted by Crippen LogP contribution is -2.31. The largest absolute Gasteiger partial charge is 0.323 e. The molecule has 0 aliphatic carbocycles. The van der Waals surface area contributed by atoms with E-state index in [1.165, 1.54) is 11.1 Å². The quantitative estimate of drug-likeness (QED) is 0.792. The minimum absolute atomic E-state index is 0.703. The Hall–Kier alpha value is -2.86. The van der Waals surface area contributed by atoms with E-state index >= 15 is 0 Å². The highest BCUT2D eigenvalue weighted by molar-refractivity contribution is 5.56. The molecule has 1 aliphatic heterocycles. The highest BCUT2D eigenvalue weighted by Crippen LogP contribution is 2.26. The van der Waals surface area contributed by atoms with Crippen LogP contribution in [0.15, 0.2) is 48.9 Å². The summed E-state index contributed by atoms with van der Waals surface area (Å²) in [5, 5.41) is 3.29. The fourth-order valence-corrected chi connectivity index (χ4v) is 3.17. The van der Waals surface area contributed by atoms with Crippen LogP contribution in [0.2, 0.25) is 0 Å². The molecule has 0 atom stereocenters. The van der Waals surface area contributed by atoms with Gasteiger partial charge in [0.25, 0.3) is 0 Å². The van der Waals surface area contributed by atoms with Gasteiger partial charge in [0.1, 0.15) is 17.5 Å². The molecule has 0 bridgehead atoms. The van der Waals surface area contributed by atoms with Crippen LogP contribution in [0.4, 0.5) is 11.6 Å². The third-order valence-electron chi connectivity index (χ3n) is 4.31. The van der Waals surface area contributed by atoms with Crippen LogP contribution in [-0.4, -0.2) is 31.4 Å². The van der Waals surface area contributed by atoms with Crippen LogP contribution >= 0.6 is 0 Å². The van der Waals surface area contributed by atoms with Gasteiger partial charge < -0.3 is 5.32 Å². The van der Waals surface area contributed by atoms with Crippen LogP contribution in [0.25, 0.3) is 0 Å². The zero-order valence-corrected chi connectivity index (χ0v) is 14.2. The normalized spacial score (nSPS) is 14.1. The van der Waals surface area contributed by atoms with Crippen LogP contribution in [0.5, 0.6) is 0 Å². The molecule has 1 aromatic carbocycles. The Balaban J connectivity index is 1.56. The predicted octanol–water partition coefficient (Wildman–Crippen LogP) is 2.88. The number of anilines is 2. The third kappa shape index (κ3) is 3.64. The Morgan fingerprint density at radius 1 is 1.12 bits per heavy atom. The van der Waals surface area contributed by atoms with E-state index in [0.717, 1.165) is 43.4 Å². The first kappa shape index (κ1) is 15.7. The van der Waals surface area contributed by atoms with E-state index in [1.807, 2.05) is 6.92 Å². The van der Waals surface area contributed by atoms with Crippen molar-refractivity contribution >= 4 is 11.6 Å². The smallest absolute Gasteiger partial charge is 0.150 e. The van der Waals surface area contributed by atoms with E-state index in [2.05, 4.69) is 60.5 Å². The lowest BCUT2D eigenvalue weighted by atomic mass is 10.0. The number of nitrogens with zero attached hydrogens (tertiary/aromatic N) is 5. The Morgan fingerprint density at radius 3 is 2.80 bits per heavy atom. The molecular weight excluding hydrogens is 312 g/mol. The van der Waals surface area contributed by atoms with E-state index < -0.39 is 0 Å². The van der Waals surface area contributed by atoms with Gasteiger partial charge in [-0.3, -0.25) is 9.88 Å². The summed E-state index contributed by atoms with van der Waals surface area (Å²) in [7, 11) is 0. The molecular formula is C19H20N6. The maximum atomic E-state index is 4.68. The van der Waals surface area contributed by atoms with E-state index in [-0.39, 0.29) is 0 Å². The van der Waals surface area contributed by atoms with Gasteiger partial charge in [-0.25, -0.2) is 15.0 Å². The number of aromatic nitrogens is 4. The van der Waals surface area contributed by atoms with Crippen molar-refractivity contribution in [3.05, 3.63) is 71.6 Å². The van der Waals surface area contributed by atoms with Gasteiger partial charge in [-0.1, -0.05) is 30.3 Å². The summed E-state index contributed by atoms with van der Waals surface area (Å²) in [5.41, 5.74) is 3.61. The highest BCUT2D eigenvalue weighted by Gasteiger charge is 2.22. The topological polar surface area (TPSA) is 66.8 Å². The van der Waals surface area contributed by atoms with Crippen molar-refractivity contribution in [2.24, 2.45) is 0 Å². The summed E-state index contributed by atoms with van der Waals surface area (Å²) in [4.78, 5) is 20.1. The Morgan fingerprint density at radius 2 is 2.00 bits per heavy atom. The molecule has 0 saturated heterocycles. The summed E-state index contributed by atoms with van der Waals surface area (Å²) in [6, 6.07) is 10.6. The molecule has 6 heteroatoms. The zero-order valence-electron chi connectivity index (χ0n) is 14.2. The Bertz CT molecular complexity index is 851. The first-order chi connectivity index (χ1) is 12.3. The molecule has 0 spiro atoms. The number of fused-ring (bicyclic) bond motifs is 1. The SMILES string of the molecule is Cc1nc2c(c(Nc3cnccn3)n1)CCN(Cc1ccccc1)C2. The second-order valence-corrected chi connectivity index (χ2v) is 6.21. The lowest BCUT2D eigenvalue weighted by molar-refractivity contribution is 0.241. The molecule has 3 heterocycles. The summed E-state index contributed by atoms with van der Waals surface area (Å²) in [6.45, 7) is 4.70. The van der Waals surface area contributed by atoms with Crippen molar-refractivity contribution in [2.45, 2.75) is 26.4 Å². The van der Waals surface area contributed by atoms with Gasteiger partial charge in [-0.15, -0.1) is 0 Å². The van der Waals surface area contributed by atoms with Crippen LogP contribution in [-0.2, 0) is 19.5 Å². The van der Waals surface area contributed by atoms with Crippen molar-refractivity contribution in [2.75, 3.05) is 11.9 Å². The van der Waals surface area contributed by atoms with E-state index in [4.69, 9.17) is 0 Å². The molecule has 126 valence electrons. The molecule has 1 N–H and O–H groups in total. The molecule has 0 fully saturated rings. The predicted molar refractivity (Wildman–Crippen MR) is 96.3 cm³/mol. The molecule has 6 nitrogen and oxygen atoms in total. The van der Waals surface area contributed by atoms with Crippen LogP contribution in [0.1, 0.15) is 22.6 Å². The number of rotatable bonds is 4. The number of benzene rings is 1. The summed E-state index contributed by atoms with van der Waals surface area (Å²) in [6.07, 6.45) is 5.96. The number of hydrogen-bond acceptors (Lipinski definition) is 6. The third-order valence-corrected chi connectivity index (χ3v) is 4.31. The highest BCUT2D eigenvalue weighted by atomic mass is 15.2. The average Bonchev–Trinajstić information content (AvgIpc) is 2.63. The summed E-state index contributed by atoms with van der Waals surface area (Å²) in [5.74, 6) is 2.32. The standard InChI is InChI=1S/C19H20N6/c1-14-22-17-13-25(12-15-5-3-2-4-6-15)10-7-16(17)19(23-14)24-18-11-20-8-9-21-18/h2-6,8-9,11H,7,10,12-13H2,1H3,(H,21,22,23,24). The molecule has 0 radical (unpaired) electrons. The molecule has 25 heavy (non-hydrogen) atoms. The summed E-state index contributed by atoms with van der Waals surface area (Å²) >= 11 is 0. The molecule has 3 aromatic rings. The van der Waals surface area contributed by atoms with Crippen molar-refractivity contribution in [1.82, 2.24) is 24.8 Å². The number of hydrogen-bond donors (Lipinski definition) is 1. The molecule has 0 amide bonds. The van der Waals surface area contributed by atoms with Gasteiger partial charge in [0.15, 0.2) is 0 Å². The van der Waals surface area contributed by atoms with E-state index in [1.54, 1.807) is 18.6 Å². The monoisotopic (exact) mass is 332 g/mol. The van der Waals surface area contributed by atoms with Gasteiger partial charge >= 0.3 is 0 Å². The van der Waals surface area contributed by atoms with Crippen molar-refractivity contribution < 1.29 is 0 Å². The second-order valence-electron chi connectivity index (χ2n) is 6.21. The maximum Gasteiger partial charge on any atom is 0.150 e. The van der Waals surface area contributed by atoms with Crippen molar-refractivity contribution in [3.8, 4) is 0 Å². The van der Waals surface area contributed by atoms with Gasteiger partial charge in [-0.05, 0) is 18.9 Å². The van der Waals surface area contributed by atoms with Gasteiger partial charge in [0.2, 0.25) is 0 Å². The molecule has 1 aliphatic rings. The molecule has 2 aromatic heterocycles. The molecule has 0 saturated carbocycles. The van der Waals surface area contributed by atoms with Crippen molar-refractivity contribution in [3.63, 3.8) is 0 Å². The van der Waals surface area contributed by atoms with Gasteiger partial charge in [0, 0.05) is 37.6 Å². The van der Waals surface area contributed by atoms with Crippen LogP contribution in [0.3, 0.4) is 0 Å². The number of aryl methyl sites for hydroxylation is 1. The van der Waals surface area contributed by atoms with E-state index in [0.29, 0.717) is 5.82 Å². The minimum atomic E-state index is 0.703. The van der Waals surface area contributed by atoms with Crippen molar-refractivity contribution in [1.29, 1.82) is 0 Å². The second kappa shape index (κ2) is 6.94. The van der Waals surface area contributed by atoms with E-state index in [9.17, 15) is 0 Å². The average molecular weight is 332 g/mol. The summed E-state index contributed by atoms with van der Waals surface area (Å²) < 4.78 is 0. The van der Waals surface area contributed by atoms with Crippen LogP contribution in [0, 0.1) is 6.92 Å². The van der Waals surface area contributed by atoms with Gasteiger partial charge in [-0.2, -0.15) is 0 Å². The van der Waals surface area contributed by atoms with Crippen LogP contribution < -0.4 is 5.32 Å².